The van der Waals surface area contributed by atoms with Gasteiger partial charge in [0, 0.05) is 0 Å². The van der Waals surface area contributed by atoms with Crippen LogP contribution in [-0.2, 0) is 0 Å². The second kappa shape index (κ2) is 2.93. The van der Waals surface area contributed by atoms with Crippen LogP contribution in [0.3, 0.4) is 0 Å². The Morgan fingerprint density at radius 2 is 2.00 bits per heavy atom. The summed E-state index contributed by atoms with van der Waals surface area (Å²) in [6.07, 6.45) is 2.66. The third-order valence-electron chi connectivity index (χ3n) is 1.01. The monoisotopic (exact) mass is 153 g/mol. The number of nitrogens with zero attached hydrogens (tertiary/aromatic N) is 2. The van der Waals surface area contributed by atoms with Gasteiger partial charge < -0.3 is 5.73 Å². The van der Waals surface area contributed by atoms with Crippen molar-refractivity contribution in [2.45, 2.75) is 0 Å². The zero-order valence-electron chi connectivity index (χ0n) is 5.61. The predicted octanol–water partition coefficient (Wildman–Crippen LogP) is -1.34. The third-order valence-corrected chi connectivity index (χ3v) is 1.01. The van der Waals surface area contributed by atoms with E-state index in [0.29, 0.717) is 5.69 Å². The van der Waals surface area contributed by atoms with Crippen molar-refractivity contribution >= 4 is 11.6 Å². The number of aromatic nitrogens is 2. The summed E-state index contributed by atoms with van der Waals surface area (Å²) in [5, 5.41) is 0. The summed E-state index contributed by atoms with van der Waals surface area (Å²) in [4.78, 5) is 18.0. The molecular weight excluding hydrogens is 146 g/mol. The highest BCUT2D eigenvalue weighted by Gasteiger charge is 2.04. The molecule has 1 amide bonds. The smallest absolute Gasteiger partial charge is 0.302 e. The summed E-state index contributed by atoms with van der Waals surface area (Å²) in [6.45, 7) is 0. The van der Waals surface area contributed by atoms with Gasteiger partial charge in [0.1, 0.15) is 0 Å². The Bertz CT molecular complexity index is 256. The first-order valence-electron chi connectivity index (χ1n) is 2.82. The standard InChI is InChI=1S/C5H7N5O/c6-3-1-8-4(9-2-3)5(11)10-7/h1-2H,6-7H2,(H,10,11). The molecule has 6 nitrogen and oxygen atoms in total. The Labute approximate surface area is 62.6 Å². The van der Waals surface area contributed by atoms with Gasteiger partial charge in [0.25, 0.3) is 0 Å². The molecule has 0 aromatic carbocycles. The third kappa shape index (κ3) is 1.62. The predicted molar refractivity (Wildman–Crippen MR) is 38.1 cm³/mol. The second-order valence-corrected chi connectivity index (χ2v) is 1.81. The lowest BCUT2D eigenvalue weighted by molar-refractivity contribution is 0.0943. The van der Waals surface area contributed by atoms with Crippen LogP contribution < -0.4 is 17.0 Å². The van der Waals surface area contributed by atoms with Gasteiger partial charge in [-0.25, -0.2) is 15.8 Å². The van der Waals surface area contributed by atoms with Crippen molar-refractivity contribution in [3.05, 3.63) is 18.2 Å². The van der Waals surface area contributed by atoms with E-state index in [2.05, 4.69) is 9.97 Å². The van der Waals surface area contributed by atoms with Crippen molar-refractivity contribution in [3.8, 4) is 0 Å². The molecule has 0 saturated heterocycles. The van der Waals surface area contributed by atoms with E-state index >= 15 is 0 Å². The van der Waals surface area contributed by atoms with Gasteiger partial charge in [0.2, 0.25) is 5.82 Å². The maximum absolute atomic E-state index is 10.7. The van der Waals surface area contributed by atoms with Gasteiger partial charge in [-0.15, -0.1) is 0 Å². The molecule has 0 radical (unpaired) electrons. The van der Waals surface area contributed by atoms with Gasteiger partial charge in [-0.1, -0.05) is 0 Å². The van der Waals surface area contributed by atoms with Crippen LogP contribution in [0.2, 0.25) is 0 Å². The molecule has 0 spiro atoms. The number of hydrogen-bond donors (Lipinski definition) is 3. The van der Waals surface area contributed by atoms with Crippen molar-refractivity contribution in [2.24, 2.45) is 5.84 Å². The zero-order valence-corrected chi connectivity index (χ0v) is 5.61. The number of carbonyl (C=O) groups is 1. The molecule has 1 aromatic rings. The van der Waals surface area contributed by atoms with E-state index in [1.807, 2.05) is 5.43 Å². The lowest BCUT2D eigenvalue weighted by Crippen LogP contribution is -2.31. The van der Waals surface area contributed by atoms with E-state index in [-0.39, 0.29) is 5.82 Å². The van der Waals surface area contributed by atoms with Crippen LogP contribution in [0.25, 0.3) is 0 Å². The topological polar surface area (TPSA) is 107 Å². The van der Waals surface area contributed by atoms with Gasteiger partial charge in [-0.3, -0.25) is 10.2 Å². The van der Waals surface area contributed by atoms with Crippen molar-refractivity contribution in [1.29, 1.82) is 0 Å². The average molecular weight is 153 g/mol. The number of rotatable bonds is 1. The van der Waals surface area contributed by atoms with Crippen LogP contribution in [0.4, 0.5) is 5.69 Å². The normalized spacial score (nSPS) is 9.18. The highest BCUT2D eigenvalue weighted by Crippen LogP contribution is 1.94. The summed E-state index contributed by atoms with van der Waals surface area (Å²) >= 11 is 0. The van der Waals surface area contributed by atoms with Crippen molar-refractivity contribution in [1.82, 2.24) is 15.4 Å². The van der Waals surface area contributed by atoms with Crippen molar-refractivity contribution < 1.29 is 4.79 Å². The van der Waals surface area contributed by atoms with E-state index in [0.717, 1.165) is 0 Å². The van der Waals surface area contributed by atoms with Crippen LogP contribution in [0, 0.1) is 0 Å². The molecule has 1 aromatic heterocycles. The van der Waals surface area contributed by atoms with Crippen LogP contribution in [0.1, 0.15) is 10.6 Å². The van der Waals surface area contributed by atoms with E-state index in [4.69, 9.17) is 11.6 Å². The van der Waals surface area contributed by atoms with Gasteiger partial charge in [-0.05, 0) is 0 Å². The number of carbonyl (C=O) groups excluding carboxylic acids is 1. The van der Waals surface area contributed by atoms with Gasteiger partial charge in [0.15, 0.2) is 0 Å². The molecule has 11 heavy (non-hydrogen) atoms. The minimum atomic E-state index is -0.537. The average Bonchev–Trinajstić information content (AvgIpc) is 2.05. The highest BCUT2D eigenvalue weighted by atomic mass is 16.2. The Balaban J connectivity index is 2.90. The molecule has 0 unspecified atom stereocenters. The van der Waals surface area contributed by atoms with Gasteiger partial charge in [0.05, 0.1) is 18.1 Å². The Kier molecular flexibility index (Phi) is 1.98. The largest absolute Gasteiger partial charge is 0.396 e. The molecule has 0 aliphatic carbocycles. The van der Waals surface area contributed by atoms with E-state index in [1.54, 1.807) is 0 Å². The molecular formula is C5H7N5O. The maximum Gasteiger partial charge on any atom is 0.302 e. The Hall–Kier alpha value is -1.69. The molecule has 0 fully saturated rings. The molecule has 0 aliphatic rings. The number of hydrogen-bond acceptors (Lipinski definition) is 5. The van der Waals surface area contributed by atoms with Crippen molar-refractivity contribution in [2.75, 3.05) is 5.73 Å². The lowest BCUT2D eigenvalue weighted by Gasteiger charge is -1.96. The number of nitrogens with two attached hydrogens (primary N) is 2. The summed E-state index contributed by atoms with van der Waals surface area (Å²) in [5.74, 6) is 4.30. The molecule has 58 valence electrons. The summed E-state index contributed by atoms with van der Waals surface area (Å²) < 4.78 is 0. The van der Waals surface area contributed by atoms with E-state index < -0.39 is 5.91 Å². The fourth-order valence-electron chi connectivity index (χ4n) is 0.520. The van der Waals surface area contributed by atoms with E-state index in [9.17, 15) is 4.79 Å². The molecule has 0 saturated carbocycles. The SMILES string of the molecule is NNC(=O)c1ncc(N)cn1. The first kappa shape index (κ1) is 7.42. The fraction of sp³-hybridized carbons (Fsp3) is 0. The Morgan fingerprint density at radius 3 is 2.45 bits per heavy atom. The number of hydrazine groups is 1. The van der Waals surface area contributed by atoms with Crippen LogP contribution >= 0.6 is 0 Å². The molecule has 5 N–H and O–H groups in total. The quantitative estimate of drug-likeness (QED) is 0.263. The molecule has 0 aliphatic heterocycles. The molecule has 1 heterocycles. The molecule has 0 atom stereocenters. The van der Waals surface area contributed by atoms with Crippen LogP contribution in [-0.4, -0.2) is 15.9 Å². The first-order chi connectivity index (χ1) is 5.24. The highest BCUT2D eigenvalue weighted by molar-refractivity contribution is 5.89. The number of nitrogens with one attached hydrogen (secondary N) is 1. The summed E-state index contributed by atoms with van der Waals surface area (Å²) in [5.41, 5.74) is 7.58. The summed E-state index contributed by atoms with van der Waals surface area (Å²) in [7, 11) is 0. The minimum Gasteiger partial charge on any atom is -0.396 e. The number of nitrogen functional groups attached to an aromatic ring is 2. The molecule has 0 bridgehead atoms. The Morgan fingerprint density at radius 1 is 1.45 bits per heavy atom. The number of amides is 1. The second-order valence-electron chi connectivity index (χ2n) is 1.81. The van der Waals surface area contributed by atoms with Crippen LogP contribution in [0.5, 0.6) is 0 Å². The first-order valence-corrected chi connectivity index (χ1v) is 2.82. The van der Waals surface area contributed by atoms with Crippen molar-refractivity contribution in [3.63, 3.8) is 0 Å². The zero-order chi connectivity index (χ0) is 8.27. The fourth-order valence-corrected chi connectivity index (χ4v) is 0.520. The minimum absolute atomic E-state index is 0.00157. The van der Waals surface area contributed by atoms with E-state index in [1.165, 1.54) is 12.4 Å². The van der Waals surface area contributed by atoms with Gasteiger partial charge >= 0.3 is 5.91 Å². The van der Waals surface area contributed by atoms with Gasteiger partial charge in [-0.2, -0.15) is 0 Å². The summed E-state index contributed by atoms with van der Waals surface area (Å²) in [6, 6.07) is 0. The number of anilines is 1. The lowest BCUT2D eigenvalue weighted by atomic mass is 10.5. The van der Waals surface area contributed by atoms with Crippen LogP contribution in [0.15, 0.2) is 12.4 Å². The maximum atomic E-state index is 10.7. The molecule has 1 rings (SSSR count). The molecule has 6 heteroatoms.